The first-order chi connectivity index (χ1) is 14.5. The Labute approximate surface area is 175 Å². The van der Waals surface area contributed by atoms with Crippen molar-refractivity contribution in [1.82, 2.24) is 19.8 Å². The number of hydrogen-bond acceptors (Lipinski definition) is 4. The standard InChI is InChI=1S/C23H27N5O2/c1-17-15-25-23(30)28(17)20-9-7-18(8-10-20)22(29)24-16-19-5-3-4-6-21(19)27-13-11-26(2)12-14-27/h3-10,15H,11-14,16H2,1-2H3,(H,24,29)(H,25,30). The highest BCUT2D eigenvalue weighted by atomic mass is 16.2. The number of anilines is 1. The maximum absolute atomic E-state index is 12.7. The minimum atomic E-state index is -0.190. The van der Waals surface area contributed by atoms with Crippen LogP contribution >= 0.6 is 0 Å². The van der Waals surface area contributed by atoms with Crippen LogP contribution in [0.3, 0.4) is 0 Å². The lowest BCUT2D eigenvalue weighted by atomic mass is 10.1. The van der Waals surface area contributed by atoms with E-state index in [0.29, 0.717) is 12.1 Å². The van der Waals surface area contributed by atoms with Crippen molar-refractivity contribution >= 4 is 11.6 Å². The molecule has 1 aromatic heterocycles. The highest BCUT2D eigenvalue weighted by molar-refractivity contribution is 5.94. The van der Waals surface area contributed by atoms with Crippen molar-refractivity contribution in [3.8, 4) is 5.69 Å². The third-order valence-electron chi connectivity index (χ3n) is 5.62. The number of carbonyl (C=O) groups is 1. The summed E-state index contributed by atoms with van der Waals surface area (Å²) in [5.41, 5.74) is 4.22. The van der Waals surface area contributed by atoms with Gasteiger partial charge >= 0.3 is 5.69 Å². The van der Waals surface area contributed by atoms with Crippen molar-refractivity contribution in [2.75, 3.05) is 38.1 Å². The molecule has 7 heteroatoms. The molecule has 1 amide bonds. The van der Waals surface area contributed by atoms with Gasteiger partial charge in [0, 0.05) is 55.9 Å². The van der Waals surface area contributed by atoms with E-state index in [1.165, 1.54) is 5.69 Å². The lowest BCUT2D eigenvalue weighted by molar-refractivity contribution is 0.0951. The normalized spacial score (nSPS) is 14.7. The average molecular weight is 406 g/mol. The summed E-state index contributed by atoms with van der Waals surface area (Å²) in [5.74, 6) is -0.132. The van der Waals surface area contributed by atoms with Gasteiger partial charge in [-0.2, -0.15) is 0 Å². The zero-order chi connectivity index (χ0) is 21.1. The number of aromatic amines is 1. The number of benzene rings is 2. The van der Waals surface area contributed by atoms with E-state index in [4.69, 9.17) is 0 Å². The van der Waals surface area contributed by atoms with E-state index in [1.54, 1.807) is 35.0 Å². The van der Waals surface area contributed by atoms with Gasteiger partial charge in [-0.3, -0.25) is 9.36 Å². The van der Waals surface area contributed by atoms with Crippen LogP contribution in [0.2, 0.25) is 0 Å². The van der Waals surface area contributed by atoms with Gasteiger partial charge < -0.3 is 20.1 Å². The lowest BCUT2D eigenvalue weighted by Crippen LogP contribution is -2.45. The molecule has 2 aromatic carbocycles. The van der Waals surface area contributed by atoms with Gasteiger partial charge in [0.15, 0.2) is 0 Å². The molecule has 3 aromatic rings. The van der Waals surface area contributed by atoms with Crippen LogP contribution in [0.15, 0.2) is 59.5 Å². The van der Waals surface area contributed by atoms with Crippen molar-refractivity contribution in [2.45, 2.75) is 13.5 Å². The zero-order valence-corrected chi connectivity index (χ0v) is 17.4. The zero-order valence-electron chi connectivity index (χ0n) is 17.4. The van der Waals surface area contributed by atoms with Crippen molar-refractivity contribution < 1.29 is 4.79 Å². The Morgan fingerprint density at radius 2 is 1.73 bits per heavy atom. The number of para-hydroxylation sites is 1. The molecule has 1 aliphatic rings. The number of nitrogens with zero attached hydrogens (tertiary/aromatic N) is 3. The SMILES string of the molecule is Cc1c[nH]c(=O)n1-c1ccc(C(=O)NCc2ccccc2N2CCN(C)CC2)cc1. The molecule has 30 heavy (non-hydrogen) atoms. The van der Waals surface area contributed by atoms with Crippen LogP contribution in [-0.2, 0) is 6.54 Å². The highest BCUT2D eigenvalue weighted by Gasteiger charge is 2.17. The Bertz CT molecular complexity index is 1080. The van der Waals surface area contributed by atoms with Crippen LogP contribution in [0.5, 0.6) is 0 Å². The molecular weight excluding hydrogens is 378 g/mol. The van der Waals surface area contributed by atoms with E-state index < -0.39 is 0 Å². The molecule has 0 unspecified atom stereocenters. The molecule has 2 heterocycles. The summed E-state index contributed by atoms with van der Waals surface area (Å²) in [6.07, 6.45) is 1.67. The van der Waals surface area contributed by atoms with Gasteiger partial charge in [0.25, 0.3) is 5.91 Å². The number of aromatic nitrogens is 2. The Kier molecular flexibility index (Phi) is 5.72. The van der Waals surface area contributed by atoms with Crippen molar-refractivity contribution in [3.05, 3.63) is 82.0 Å². The molecule has 0 radical (unpaired) electrons. The Morgan fingerprint density at radius 3 is 2.40 bits per heavy atom. The monoisotopic (exact) mass is 405 g/mol. The fourth-order valence-electron chi connectivity index (χ4n) is 3.83. The van der Waals surface area contributed by atoms with E-state index in [0.717, 1.165) is 43.1 Å². The van der Waals surface area contributed by atoms with Gasteiger partial charge in [-0.05, 0) is 49.9 Å². The fraction of sp³-hybridized carbons (Fsp3) is 0.304. The summed E-state index contributed by atoms with van der Waals surface area (Å²) in [6, 6.07) is 15.3. The van der Waals surface area contributed by atoms with Gasteiger partial charge in [0.2, 0.25) is 0 Å². The summed E-state index contributed by atoms with van der Waals surface area (Å²) >= 11 is 0. The predicted octanol–water partition coefficient (Wildman–Crippen LogP) is 2.16. The molecule has 1 fully saturated rings. The summed E-state index contributed by atoms with van der Waals surface area (Å²) in [7, 11) is 2.14. The Balaban J connectivity index is 1.44. The first kappa shape index (κ1) is 20.0. The number of piperazine rings is 1. The van der Waals surface area contributed by atoms with Crippen LogP contribution in [0.1, 0.15) is 21.6 Å². The van der Waals surface area contributed by atoms with Crippen molar-refractivity contribution in [2.24, 2.45) is 0 Å². The topological polar surface area (TPSA) is 73.4 Å². The maximum Gasteiger partial charge on any atom is 0.330 e. The number of amides is 1. The van der Waals surface area contributed by atoms with Crippen LogP contribution in [-0.4, -0.2) is 53.6 Å². The molecule has 1 saturated heterocycles. The Morgan fingerprint density at radius 1 is 1.03 bits per heavy atom. The number of hydrogen-bond donors (Lipinski definition) is 2. The number of nitrogens with one attached hydrogen (secondary N) is 2. The maximum atomic E-state index is 12.7. The van der Waals surface area contributed by atoms with Gasteiger partial charge in [-0.1, -0.05) is 18.2 Å². The van der Waals surface area contributed by atoms with Crippen molar-refractivity contribution in [3.63, 3.8) is 0 Å². The molecule has 4 rings (SSSR count). The quantitative estimate of drug-likeness (QED) is 0.682. The largest absolute Gasteiger partial charge is 0.369 e. The second-order valence-electron chi connectivity index (χ2n) is 7.72. The third-order valence-corrected chi connectivity index (χ3v) is 5.62. The summed E-state index contributed by atoms with van der Waals surface area (Å²) in [5, 5.41) is 3.03. The number of aryl methyl sites for hydroxylation is 1. The van der Waals surface area contributed by atoms with E-state index in [9.17, 15) is 9.59 Å². The number of H-pyrrole nitrogens is 1. The molecule has 0 saturated carbocycles. The van der Waals surface area contributed by atoms with Crippen LogP contribution in [0, 0.1) is 6.92 Å². The smallest absolute Gasteiger partial charge is 0.330 e. The van der Waals surface area contributed by atoms with Crippen LogP contribution in [0.25, 0.3) is 5.69 Å². The number of rotatable bonds is 5. The second kappa shape index (κ2) is 8.59. The number of imidazole rings is 1. The molecule has 0 atom stereocenters. The third kappa shape index (κ3) is 4.16. The highest BCUT2D eigenvalue weighted by Crippen LogP contribution is 2.22. The molecule has 0 spiro atoms. The minimum absolute atomic E-state index is 0.132. The first-order valence-corrected chi connectivity index (χ1v) is 10.2. The molecule has 0 bridgehead atoms. The summed E-state index contributed by atoms with van der Waals surface area (Å²) in [4.78, 5) is 32.0. The van der Waals surface area contributed by atoms with Gasteiger partial charge in [0.1, 0.15) is 0 Å². The van der Waals surface area contributed by atoms with E-state index in [2.05, 4.69) is 39.3 Å². The average Bonchev–Trinajstić information content (AvgIpc) is 3.11. The lowest BCUT2D eigenvalue weighted by Gasteiger charge is -2.35. The van der Waals surface area contributed by atoms with Gasteiger partial charge in [0.05, 0.1) is 5.69 Å². The minimum Gasteiger partial charge on any atom is -0.369 e. The molecule has 156 valence electrons. The number of likely N-dealkylation sites (N-methyl/N-ethyl adjacent to an activating group) is 1. The molecule has 2 N–H and O–H groups in total. The van der Waals surface area contributed by atoms with Gasteiger partial charge in [-0.15, -0.1) is 0 Å². The van der Waals surface area contributed by atoms with E-state index in [1.807, 2.05) is 19.1 Å². The first-order valence-electron chi connectivity index (χ1n) is 10.2. The molecule has 0 aliphatic carbocycles. The molecular formula is C23H27N5O2. The van der Waals surface area contributed by atoms with Crippen LogP contribution in [0.4, 0.5) is 5.69 Å². The van der Waals surface area contributed by atoms with E-state index >= 15 is 0 Å². The molecule has 1 aliphatic heterocycles. The van der Waals surface area contributed by atoms with E-state index in [-0.39, 0.29) is 11.6 Å². The van der Waals surface area contributed by atoms with Crippen molar-refractivity contribution in [1.29, 1.82) is 0 Å². The fourth-order valence-corrected chi connectivity index (χ4v) is 3.83. The number of carbonyl (C=O) groups excluding carboxylic acids is 1. The van der Waals surface area contributed by atoms with Gasteiger partial charge in [-0.25, -0.2) is 4.79 Å². The predicted molar refractivity (Wildman–Crippen MR) is 118 cm³/mol. The second-order valence-corrected chi connectivity index (χ2v) is 7.72. The Hall–Kier alpha value is -3.32. The molecule has 7 nitrogen and oxygen atoms in total. The summed E-state index contributed by atoms with van der Waals surface area (Å²) < 4.78 is 1.58. The summed E-state index contributed by atoms with van der Waals surface area (Å²) in [6.45, 7) is 6.38. The van der Waals surface area contributed by atoms with Crippen LogP contribution < -0.4 is 15.9 Å².